The van der Waals surface area contributed by atoms with Gasteiger partial charge in [0.25, 0.3) is 0 Å². The second-order valence-electron chi connectivity index (χ2n) is 9.73. The minimum atomic E-state index is -1.07. The zero-order chi connectivity index (χ0) is 24.9. The van der Waals surface area contributed by atoms with E-state index in [1.807, 2.05) is 6.07 Å². The highest BCUT2D eigenvalue weighted by atomic mass is 16.5. The van der Waals surface area contributed by atoms with Crippen LogP contribution in [-0.2, 0) is 11.2 Å². The van der Waals surface area contributed by atoms with Crippen LogP contribution in [0.25, 0.3) is 0 Å². The van der Waals surface area contributed by atoms with Crippen LogP contribution in [0.15, 0.2) is 18.2 Å². The molecule has 1 N–H and O–H groups in total. The van der Waals surface area contributed by atoms with Crippen LogP contribution in [-0.4, -0.2) is 23.7 Å². The lowest BCUT2D eigenvalue weighted by molar-refractivity contribution is 0.0487. The van der Waals surface area contributed by atoms with Crippen LogP contribution in [0.5, 0.6) is 0 Å². The second kappa shape index (κ2) is 20.5. The molecular formula is C30H50O4. The highest BCUT2D eigenvalue weighted by molar-refractivity contribution is 6.02. The lowest BCUT2D eigenvalue weighted by Crippen LogP contribution is -2.13. The summed E-state index contributed by atoms with van der Waals surface area (Å²) in [6, 6.07) is 5.11. The van der Waals surface area contributed by atoms with Crippen LogP contribution < -0.4 is 0 Å². The zero-order valence-electron chi connectivity index (χ0n) is 22.0. The topological polar surface area (TPSA) is 63.6 Å². The number of carboxylic acid groups (broad SMARTS) is 1. The maximum atomic E-state index is 12.3. The molecule has 34 heavy (non-hydrogen) atoms. The summed E-state index contributed by atoms with van der Waals surface area (Å²) < 4.78 is 5.30. The van der Waals surface area contributed by atoms with Gasteiger partial charge in [-0.25, -0.2) is 9.59 Å². The summed E-state index contributed by atoms with van der Waals surface area (Å²) in [5.74, 6) is -1.60. The van der Waals surface area contributed by atoms with Crippen LogP contribution in [0.1, 0.15) is 156 Å². The first kappa shape index (κ1) is 30.2. The first-order valence-corrected chi connectivity index (χ1v) is 14.1. The van der Waals surface area contributed by atoms with Gasteiger partial charge in [-0.15, -0.1) is 0 Å². The molecule has 1 aromatic carbocycles. The Bertz CT molecular complexity index is 652. The number of hydrogen-bond acceptors (Lipinski definition) is 3. The van der Waals surface area contributed by atoms with Crippen molar-refractivity contribution in [2.45, 2.75) is 136 Å². The van der Waals surface area contributed by atoms with E-state index in [0.717, 1.165) is 44.1 Å². The standard InChI is InChI=1S/C24H38O4.C6H12/c1-3-5-7-9-11-13-15-20-16-17-21(22(19-20)23(25)26)24(27)28-18-14-12-10-8-6-4-2;1-2-4-6-5-3-1/h16-17,19H,3-15,18H2,1-2H3,(H,25,26);1-6H2. The van der Waals surface area contributed by atoms with Crippen molar-refractivity contribution in [2.75, 3.05) is 6.61 Å². The molecule has 1 saturated carbocycles. The summed E-state index contributed by atoms with van der Waals surface area (Å²) in [5, 5.41) is 9.49. The average Bonchev–Trinajstić information content (AvgIpc) is 2.86. The molecule has 0 radical (unpaired) electrons. The van der Waals surface area contributed by atoms with E-state index in [0.29, 0.717) is 6.61 Å². The molecule has 2 rings (SSSR count). The monoisotopic (exact) mass is 474 g/mol. The highest BCUT2D eigenvalue weighted by Gasteiger charge is 2.18. The Labute approximate surface area is 208 Å². The molecule has 0 aliphatic heterocycles. The molecule has 0 spiro atoms. The van der Waals surface area contributed by atoms with E-state index in [2.05, 4.69) is 13.8 Å². The molecule has 0 aromatic heterocycles. The normalized spacial score (nSPS) is 13.1. The molecule has 4 nitrogen and oxygen atoms in total. The Balaban J connectivity index is 0.000000830. The maximum Gasteiger partial charge on any atom is 0.339 e. The van der Waals surface area contributed by atoms with Crippen molar-refractivity contribution < 1.29 is 19.4 Å². The van der Waals surface area contributed by atoms with Gasteiger partial charge < -0.3 is 9.84 Å². The Hall–Kier alpha value is -1.84. The van der Waals surface area contributed by atoms with Crippen LogP contribution in [0.3, 0.4) is 0 Å². The van der Waals surface area contributed by atoms with Crippen molar-refractivity contribution in [1.29, 1.82) is 0 Å². The number of carbonyl (C=O) groups is 2. The predicted octanol–water partition coefficient (Wildman–Crippen LogP) is 9.15. The fraction of sp³-hybridized carbons (Fsp3) is 0.733. The van der Waals surface area contributed by atoms with Crippen molar-refractivity contribution in [3.8, 4) is 0 Å². The van der Waals surface area contributed by atoms with Crippen molar-refractivity contribution in [3.63, 3.8) is 0 Å². The van der Waals surface area contributed by atoms with E-state index in [-0.39, 0.29) is 11.1 Å². The molecule has 1 aromatic rings. The fourth-order valence-corrected chi connectivity index (χ4v) is 4.40. The summed E-state index contributed by atoms with van der Waals surface area (Å²) in [7, 11) is 0. The number of benzene rings is 1. The lowest BCUT2D eigenvalue weighted by atomic mass is 9.99. The average molecular weight is 475 g/mol. The predicted molar refractivity (Wildman–Crippen MR) is 142 cm³/mol. The second-order valence-corrected chi connectivity index (χ2v) is 9.73. The maximum absolute atomic E-state index is 12.3. The van der Waals surface area contributed by atoms with Gasteiger partial charge in [0.15, 0.2) is 0 Å². The third kappa shape index (κ3) is 14.4. The molecule has 0 heterocycles. The van der Waals surface area contributed by atoms with Gasteiger partial charge in [-0.05, 0) is 37.0 Å². The quantitative estimate of drug-likeness (QED) is 0.192. The van der Waals surface area contributed by atoms with E-state index in [1.54, 1.807) is 12.1 Å². The van der Waals surface area contributed by atoms with E-state index >= 15 is 0 Å². The van der Waals surface area contributed by atoms with Crippen molar-refractivity contribution in [1.82, 2.24) is 0 Å². The van der Waals surface area contributed by atoms with Gasteiger partial charge in [-0.3, -0.25) is 0 Å². The van der Waals surface area contributed by atoms with E-state index < -0.39 is 11.9 Å². The Morgan fingerprint density at radius 2 is 1.21 bits per heavy atom. The molecule has 1 aliphatic carbocycles. The van der Waals surface area contributed by atoms with Gasteiger partial charge in [0.05, 0.1) is 17.7 Å². The van der Waals surface area contributed by atoms with Crippen molar-refractivity contribution in [3.05, 3.63) is 34.9 Å². The van der Waals surface area contributed by atoms with Gasteiger partial charge in [0, 0.05) is 0 Å². The van der Waals surface area contributed by atoms with Crippen LogP contribution in [0, 0.1) is 0 Å². The number of carboxylic acids is 1. The minimum absolute atomic E-state index is 0.0522. The van der Waals surface area contributed by atoms with Gasteiger partial charge in [-0.1, -0.05) is 123 Å². The molecule has 0 amide bonds. The summed E-state index contributed by atoms with van der Waals surface area (Å²) in [4.78, 5) is 23.9. The molecule has 0 saturated heterocycles. The number of aromatic carboxylic acids is 1. The molecule has 0 bridgehead atoms. The largest absolute Gasteiger partial charge is 0.478 e. The minimum Gasteiger partial charge on any atom is -0.478 e. The summed E-state index contributed by atoms with van der Waals surface area (Å²) in [6.07, 6.45) is 23.7. The fourth-order valence-electron chi connectivity index (χ4n) is 4.40. The number of aryl methyl sites for hydroxylation is 1. The molecule has 1 fully saturated rings. The van der Waals surface area contributed by atoms with Gasteiger partial charge in [0.1, 0.15) is 0 Å². The summed E-state index contributed by atoms with van der Waals surface area (Å²) in [5.41, 5.74) is 1.18. The first-order valence-electron chi connectivity index (χ1n) is 14.1. The molecule has 194 valence electrons. The molecular weight excluding hydrogens is 424 g/mol. The zero-order valence-corrected chi connectivity index (χ0v) is 22.0. The smallest absolute Gasteiger partial charge is 0.339 e. The van der Waals surface area contributed by atoms with Crippen LogP contribution in [0.4, 0.5) is 0 Å². The van der Waals surface area contributed by atoms with Gasteiger partial charge in [0.2, 0.25) is 0 Å². The van der Waals surface area contributed by atoms with Gasteiger partial charge >= 0.3 is 11.9 Å². The van der Waals surface area contributed by atoms with Crippen LogP contribution in [0.2, 0.25) is 0 Å². The summed E-state index contributed by atoms with van der Waals surface area (Å²) >= 11 is 0. The first-order chi connectivity index (χ1) is 16.6. The Morgan fingerprint density at radius 1 is 0.706 bits per heavy atom. The van der Waals surface area contributed by atoms with E-state index in [4.69, 9.17) is 4.74 Å². The number of unbranched alkanes of at least 4 members (excludes halogenated alkanes) is 10. The van der Waals surface area contributed by atoms with E-state index in [1.165, 1.54) is 83.5 Å². The Kier molecular flexibility index (Phi) is 18.2. The van der Waals surface area contributed by atoms with Gasteiger partial charge in [-0.2, -0.15) is 0 Å². The molecule has 4 heteroatoms. The number of hydrogen-bond donors (Lipinski definition) is 1. The van der Waals surface area contributed by atoms with Crippen LogP contribution >= 0.6 is 0 Å². The Morgan fingerprint density at radius 3 is 1.74 bits per heavy atom. The summed E-state index contributed by atoms with van der Waals surface area (Å²) in [6.45, 7) is 4.73. The lowest BCUT2D eigenvalue weighted by Gasteiger charge is -2.10. The molecule has 1 aliphatic rings. The number of rotatable bonds is 16. The molecule has 0 unspecified atom stereocenters. The van der Waals surface area contributed by atoms with E-state index in [9.17, 15) is 14.7 Å². The number of ether oxygens (including phenoxy) is 1. The SMILES string of the molecule is C1CCCCC1.CCCCCCCCOC(=O)c1ccc(CCCCCCCC)cc1C(=O)O. The highest BCUT2D eigenvalue weighted by Crippen LogP contribution is 2.17. The van der Waals surface area contributed by atoms with Crippen molar-refractivity contribution in [2.24, 2.45) is 0 Å². The number of esters is 1. The third-order valence-electron chi connectivity index (χ3n) is 6.58. The molecule has 0 atom stereocenters. The number of carbonyl (C=O) groups excluding carboxylic acids is 1. The third-order valence-corrected chi connectivity index (χ3v) is 6.58. The van der Waals surface area contributed by atoms with Crippen molar-refractivity contribution >= 4 is 11.9 Å².